The fourth-order valence-electron chi connectivity index (χ4n) is 3.40. The first-order chi connectivity index (χ1) is 15.8. The second kappa shape index (κ2) is 9.15. The molecule has 0 unspecified atom stereocenters. The number of ether oxygens (including phenoxy) is 2. The first-order valence-corrected chi connectivity index (χ1v) is 11.1. The number of hydrogen-bond acceptors (Lipinski definition) is 6. The van der Waals surface area contributed by atoms with Crippen LogP contribution in [-0.2, 0) is 4.79 Å². The number of thioether (sulfide) groups is 1. The highest BCUT2D eigenvalue weighted by Gasteiger charge is 2.18. The van der Waals surface area contributed by atoms with Crippen molar-refractivity contribution in [3.8, 4) is 28.6 Å². The number of rotatable bonds is 6. The van der Waals surface area contributed by atoms with Gasteiger partial charge in [-0.3, -0.25) is 9.36 Å². The van der Waals surface area contributed by atoms with Crippen LogP contribution in [0.15, 0.2) is 84.0 Å². The molecule has 1 aliphatic rings. The van der Waals surface area contributed by atoms with E-state index < -0.39 is 0 Å². The lowest BCUT2D eigenvalue weighted by Crippen LogP contribution is -2.17. The average molecular weight is 445 g/mol. The van der Waals surface area contributed by atoms with Gasteiger partial charge in [-0.15, -0.1) is 10.2 Å². The Morgan fingerprint density at radius 3 is 2.41 bits per heavy atom. The molecule has 0 fully saturated rings. The molecule has 0 radical (unpaired) electrons. The lowest BCUT2D eigenvalue weighted by molar-refractivity contribution is -0.113. The highest BCUT2D eigenvalue weighted by molar-refractivity contribution is 7.99. The van der Waals surface area contributed by atoms with Crippen molar-refractivity contribution < 1.29 is 14.3 Å². The molecule has 32 heavy (non-hydrogen) atoms. The van der Waals surface area contributed by atoms with Crippen molar-refractivity contribution in [3.63, 3.8) is 0 Å². The zero-order valence-corrected chi connectivity index (χ0v) is 17.9. The zero-order chi connectivity index (χ0) is 21.8. The predicted molar refractivity (Wildman–Crippen MR) is 124 cm³/mol. The average Bonchev–Trinajstić information content (AvgIpc) is 3.28. The van der Waals surface area contributed by atoms with Crippen LogP contribution in [-0.4, -0.2) is 39.6 Å². The summed E-state index contributed by atoms with van der Waals surface area (Å²) < 4.78 is 13.1. The monoisotopic (exact) mass is 444 g/mol. The summed E-state index contributed by atoms with van der Waals surface area (Å²) in [6.45, 7) is 1.03. The van der Waals surface area contributed by atoms with Crippen molar-refractivity contribution in [2.45, 2.75) is 5.16 Å². The minimum absolute atomic E-state index is 0.143. The van der Waals surface area contributed by atoms with Gasteiger partial charge >= 0.3 is 0 Å². The van der Waals surface area contributed by atoms with Gasteiger partial charge in [0.25, 0.3) is 0 Å². The van der Waals surface area contributed by atoms with Crippen molar-refractivity contribution in [1.29, 1.82) is 0 Å². The smallest absolute Gasteiger partial charge is 0.234 e. The van der Waals surface area contributed by atoms with E-state index in [1.54, 1.807) is 18.2 Å². The highest BCUT2D eigenvalue weighted by Crippen LogP contribution is 2.33. The van der Waals surface area contributed by atoms with Crippen LogP contribution >= 0.6 is 11.8 Å². The van der Waals surface area contributed by atoms with Crippen LogP contribution in [0, 0.1) is 0 Å². The van der Waals surface area contributed by atoms with Gasteiger partial charge in [0.05, 0.1) is 5.75 Å². The third-order valence-corrected chi connectivity index (χ3v) is 5.77. The number of fused-ring (bicyclic) bond motifs is 1. The van der Waals surface area contributed by atoms with Crippen molar-refractivity contribution in [2.75, 3.05) is 24.3 Å². The molecule has 1 aromatic heterocycles. The Labute approximate surface area is 189 Å². The zero-order valence-electron chi connectivity index (χ0n) is 17.1. The molecule has 8 heteroatoms. The largest absolute Gasteiger partial charge is 0.486 e. The maximum Gasteiger partial charge on any atom is 0.234 e. The van der Waals surface area contributed by atoms with Crippen LogP contribution in [0.2, 0.25) is 0 Å². The molecule has 0 saturated carbocycles. The molecule has 160 valence electrons. The van der Waals surface area contributed by atoms with E-state index in [-0.39, 0.29) is 11.7 Å². The third-order valence-electron chi connectivity index (χ3n) is 4.84. The van der Waals surface area contributed by atoms with Gasteiger partial charge in [0.15, 0.2) is 22.5 Å². The lowest BCUT2D eigenvalue weighted by atomic mass is 10.2. The molecule has 3 aromatic carbocycles. The Morgan fingerprint density at radius 2 is 1.62 bits per heavy atom. The highest BCUT2D eigenvalue weighted by atomic mass is 32.2. The number of nitrogens with zero attached hydrogens (tertiary/aromatic N) is 3. The maximum atomic E-state index is 12.6. The molecule has 0 spiro atoms. The van der Waals surface area contributed by atoms with Gasteiger partial charge in [-0.05, 0) is 24.3 Å². The summed E-state index contributed by atoms with van der Waals surface area (Å²) in [5.74, 6) is 2.10. The number of carbonyl (C=O) groups excluding carboxylic acids is 1. The van der Waals surface area contributed by atoms with E-state index in [4.69, 9.17) is 9.47 Å². The van der Waals surface area contributed by atoms with Crippen LogP contribution in [0.3, 0.4) is 0 Å². The van der Waals surface area contributed by atoms with Crippen LogP contribution in [0.25, 0.3) is 17.1 Å². The molecule has 1 N–H and O–H groups in total. The molecule has 1 aliphatic heterocycles. The first-order valence-electron chi connectivity index (χ1n) is 10.2. The minimum atomic E-state index is -0.143. The van der Waals surface area contributed by atoms with Gasteiger partial charge in [-0.2, -0.15) is 0 Å². The minimum Gasteiger partial charge on any atom is -0.486 e. The van der Waals surface area contributed by atoms with Crippen molar-refractivity contribution in [2.24, 2.45) is 0 Å². The maximum absolute atomic E-state index is 12.6. The standard InChI is InChI=1S/C24H20N4O3S/c29-22(25-18-11-12-20-21(15-18)31-14-13-30-20)16-32-24-27-26-23(17-7-3-1-4-8-17)28(24)19-9-5-2-6-10-19/h1-12,15H,13-14,16H2,(H,25,29). The van der Waals surface area contributed by atoms with Gasteiger partial charge in [0, 0.05) is 23.0 Å². The number of hydrogen-bond donors (Lipinski definition) is 1. The van der Waals surface area contributed by atoms with E-state index in [1.165, 1.54) is 11.8 Å². The molecule has 0 aliphatic carbocycles. The molecule has 2 heterocycles. The normalized spacial score (nSPS) is 12.4. The van der Waals surface area contributed by atoms with Crippen molar-refractivity contribution >= 4 is 23.4 Å². The first kappa shape index (κ1) is 20.1. The van der Waals surface area contributed by atoms with Gasteiger partial charge in [-0.25, -0.2) is 0 Å². The summed E-state index contributed by atoms with van der Waals surface area (Å²) in [4.78, 5) is 12.6. The number of para-hydroxylation sites is 1. The van der Waals surface area contributed by atoms with E-state index in [2.05, 4.69) is 15.5 Å². The number of amides is 1. The molecule has 1 amide bonds. The van der Waals surface area contributed by atoms with E-state index in [0.717, 1.165) is 17.1 Å². The summed E-state index contributed by atoms with van der Waals surface area (Å²) >= 11 is 1.33. The molecule has 0 saturated heterocycles. The lowest BCUT2D eigenvalue weighted by Gasteiger charge is -2.19. The summed E-state index contributed by atoms with van der Waals surface area (Å²) in [5.41, 5.74) is 2.55. The van der Waals surface area contributed by atoms with Crippen molar-refractivity contribution in [3.05, 3.63) is 78.9 Å². The second-order valence-electron chi connectivity index (χ2n) is 7.04. The fraction of sp³-hybridized carbons (Fsp3) is 0.125. The van der Waals surface area contributed by atoms with E-state index in [0.29, 0.717) is 35.6 Å². The van der Waals surface area contributed by atoms with Crippen LogP contribution in [0.4, 0.5) is 5.69 Å². The van der Waals surface area contributed by atoms with Gasteiger partial charge < -0.3 is 14.8 Å². The molecular weight excluding hydrogens is 424 g/mol. The SMILES string of the molecule is O=C(CSc1nnc(-c2ccccc2)n1-c1ccccc1)Nc1ccc2c(c1)OCCO2. The summed E-state index contributed by atoms with van der Waals surface area (Å²) in [6, 6.07) is 25.1. The Morgan fingerprint density at radius 1 is 0.906 bits per heavy atom. The van der Waals surface area contributed by atoms with Gasteiger partial charge in [-0.1, -0.05) is 60.3 Å². The Hall–Kier alpha value is -3.78. The second-order valence-corrected chi connectivity index (χ2v) is 7.98. The van der Waals surface area contributed by atoms with Crippen LogP contribution < -0.4 is 14.8 Å². The number of aromatic nitrogens is 3. The van der Waals surface area contributed by atoms with E-state index >= 15 is 0 Å². The van der Waals surface area contributed by atoms with Crippen LogP contribution in [0.1, 0.15) is 0 Å². The quantitative estimate of drug-likeness (QED) is 0.443. The van der Waals surface area contributed by atoms with Crippen molar-refractivity contribution in [1.82, 2.24) is 14.8 Å². The van der Waals surface area contributed by atoms with E-state index in [1.807, 2.05) is 65.2 Å². The number of benzene rings is 3. The van der Waals surface area contributed by atoms with Gasteiger partial charge in [0.1, 0.15) is 13.2 Å². The molecule has 5 rings (SSSR count). The fourth-order valence-corrected chi connectivity index (χ4v) is 4.15. The Balaban J connectivity index is 1.34. The predicted octanol–water partition coefficient (Wildman–Crippen LogP) is 4.44. The Kier molecular flexibility index (Phi) is 5.76. The number of carbonyl (C=O) groups is 1. The van der Waals surface area contributed by atoms with E-state index in [9.17, 15) is 4.79 Å². The molecule has 4 aromatic rings. The topological polar surface area (TPSA) is 78.3 Å². The molecule has 7 nitrogen and oxygen atoms in total. The number of nitrogens with one attached hydrogen (secondary N) is 1. The van der Waals surface area contributed by atoms with Gasteiger partial charge in [0.2, 0.25) is 5.91 Å². The Bertz CT molecular complexity index is 1230. The molecular formula is C24H20N4O3S. The number of anilines is 1. The summed E-state index contributed by atoms with van der Waals surface area (Å²) in [5, 5.41) is 12.3. The third kappa shape index (κ3) is 4.31. The molecule has 0 atom stereocenters. The summed E-state index contributed by atoms with van der Waals surface area (Å²) in [7, 11) is 0. The van der Waals surface area contributed by atoms with Crippen LogP contribution in [0.5, 0.6) is 11.5 Å². The molecule has 0 bridgehead atoms. The summed E-state index contributed by atoms with van der Waals surface area (Å²) in [6.07, 6.45) is 0.